The summed E-state index contributed by atoms with van der Waals surface area (Å²) in [6.45, 7) is 0.453. The van der Waals surface area contributed by atoms with Crippen LogP contribution in [-0.2, 0) is 14.4 Å². The van der Waals surface area contributed by atoms with Crippen LogP contribution in [0.25, 0.3) is 0 Å². The molecule has 0 bridgehead atoms. The number of aliphatic carboxylic acids is 1. The molecule has 0 aromatic rings. The zero-order chi connectivity index (χ0) is 13.3. The number of hydrogen-bond acceptors (Lipinski definition) is 5. The van der Waals surface area contributed by atoms with E-state index in [-0.39, 0.29) is 5.57 Å². The van der Waals surface area contributed by atoms with E-state index in [1.54, 1.807) is 0 Å². The normalized spacial score (nSPS) is 23.8. The van der Waals surface area contributed by atoms with Crippen LogP contribution >= 0.6 is 0 Å². The van der Waals surface area contributed by atoms with E-state index in [2.05, 4.69) is 0 Å². The van der Waals surface area contributed by atoms with E-state index in [1.165, 1.54) is 11.1 Å². The highest BCUT2D eigenvalue weighted by atomic mass is 16.4. The van der Waals surface area contributed by atoms with Gasteiger partial charge in [-0.1, -0.05) is 0 Å². The molecular formula is C10H11N3O5. The Morgan fingerprint density at radius 2 is 1.89 bits per heavy atom. The van der Waals surface area contributed by atoms with Crippen molar-refractivity contribution in [2.75, 3.05) is 6.54 Å². The van der Waals surface area contributed by atoms with Crippen LogP contribution in [0.1, 0.15) is 12.8 Å². The van der Waals surface area contributed by atoms with Crippen LogP contribution < -0.4 is 10.6 Å². The Hall–Kier alpha value is -2.38. The maximum Gasteiger partial charge on any atom is 0.328 e. The quantitative estimate of drug-likeness (QED) is 0.420. The smallest absolute Gasteiger partial charge is 0.328 e. The summed E-state index contributed by atoms with van der Waals surface area (Å²) in [5.41, 5.74) is -0.261. The molecule has 96 valence electrons. The monoisotopic (exact) mass is 253 g/mol. The van der Waals surface area contributed by atoms with Gasteiger partial charge in [-0.25, -0.2) is 9.59 Å². The Morgan fingerprint density at radius 3 is 2.44 bits per heavy atom. The second kappa shape index (κ2) is 4.47. The number of hydrogen-bond donors (Lipinski definition) is 3. The molecule has 2 rings (SSSR count). The first-order valence-corrected chi connectivity index (χ1v) is 5.36. The summed E-state index contributed by atoms with van der Waals surface area (Å²) < 4.78 is 0. The molecule has 8 nitrogen and oxygen atoms in total. The van der Waals surface area contributed by atoms with Gasteiger partial charge in [0.2, 0.25) is 0 Å². The summed E-state index contributed by atoms with van der Waals surface area (Å²) in [6.07, 6.45) is 2.33. The topological polar surface area (TPSA) is 116 Å². The summed E-state index contributed by atoms with van der Waals surface area (Å²) in [7, 11) is 0. The van der Waals surface area contributed by atoms with Crippen LogP contribution in [0.3, 0.4) is 0 Å². The number of carbonyl (C=O) groups excluding carboxylic acids is 3. The summed E-state index contributed by atoms with van der Waals surface area (Å²) >= 11 is 0. The number of likely N-dealkylation sites (tertiary alicyclic amines) is 1. The van der Waals surface area contributed by atoms with Crippen molar-refractivity contribution in [3.8, 4) is 0 Å². The predicted octanol–water partition coefficient (Wildman–Crippen LogP) is -1.21. The van der Waals surface area contributed by atoms with Crippen LogP contribution in [0.2, 0.25) is 0 Å². The summed E-state index contributed by atoms with van der Waals surface area (Å²) in [5, 5.41) is 12.8. The predicted molar refractivity (Wildman–Crippen MR) is 57.1 cm³/mol. The van der Waals surface area contributed by atoms with Crippen molar-refractivity contribution >= 4 is 23.8 Å². The number of urea groups is 1. The number of nitrogens with one attached hydrogen (secondary N) is 2. The van der Waals surface area contributed by atoms with Crippen molar-refractivity contribution in [2.45, 2.75) is 18.9 Å². The van der Waals surface area contributed by atoms with Crippen LogP contribution in [0, 0.1) is 0 Å². The van der Waals surface area contributed by atoms with E-state index in [0.29, 0.717) is 19.4 Å². The van der Waals surface area contributed by atoms with Crippen molar-refractivity contribution in [1.29, 1.82) is 0 Å². The molecule has 8 heteroatoms. The highest BCUT2D eigenvalue weighted by molar-refractivity contribution is 6.28. The van der Waals surface area contributed by atoms with Gasteiger partial charge >= 0.3 is 12.0 Å². The minimum atomic E-state index is -1.00. The van der Waals surface area contributed by atoms with E-state index < -0.39 is 29.9 Å². The molecule has 0 aliphatic carbocycles. The number of rotatable bonds is 2. The van der Waals surface area contributed by atoms with Crippen molar-refractivity contribution in [3.05, 3.63) is 11.8 Å². The molecule has 2 aliphatic rings. The molecule has 0 unspecified atom stereocenters. The number of carboxylic acid groups (broad SMARTS) is 1. The minimum Gasteiger partial charge on any atom is -0.480 e. The molecule has 0 aromatic carbocycles. The Balaban J connectivity index is 2.21. The van der Waals surface area contributed by atoms with Crippen LogP contribution in [0.5, 0.6) is 0 Å². The van der Waals surface area contributed by atoms with Crippen molar-refractivity contribution in [1.82, 2.24) is 15.5 Å². The van der Waals surface area contributed by atoms with Crippen molar-refractivity contribution in [3.63, 3.8) is 0 Å². The first-order chi connectivity index (χ1) is 8.49. The lowest BCUT2D eigenvalue weighted by Crippen LogP contribution is -2.52. The highest BCUT2D eigenvalue weighted by Gasteiger charge is 2.33. The number of nitrogens with zero attached hydrogens (tertiary/aromatic N) is 1. The lowest BCUT2D eigenvalue weighted by atomic mass is 10.2. The Morgan fingerprint density at radius 1 is 1.28 bits per heavy atom. The van der Waals surface area contributed by atoms with Crippen molar-refractivity contribution < 1.29 is 24.3 Å². The minimum absolute atomic E-state index is 0.261. The molecule has 2 aliphatic heterocycles. The summed E-state index contributed by atoms with van der Waals surface area (Å²) in [6, 6.07) is -1.62. The van der Waals surface area contributed by atoms with E-state index >= 15 is 0 Å². The van der Waals surface area contributed by atoms with Gasteiger partial charge in [-0.15, -0.1) is 0 Å². The van der Waals surface area contributed by atoms with Gasteiger partial charge in [0, 0.05) is 12.7 Å². The molecule has 3 N–H and O–H groups in total. The molecule has 4 amide bonds. The molecule has 0 radical (unpaired) electrons. The molecular weight excluding hydrogens is 242 g/mol. The zero-order valence-corrected chi connectivity index (χ0v) is 9.30. The second-order valence-electron chi connectivity index (χ2n) is 4.01. The van der Waals surface area contributed by atoms with E-state index in [0.717, 1.165) is 0 Å². The number of carbonyl (C=O) groups is 4. The molecule has 0 spiro atoms. The molecule has 1 atom stereocenters. The van der Waals surface area contributed by atoms with Gasteiger partial charge in [-0.3, -0.25) is 20.2 Å². The Kier molecular flexibility index (Phi) is 3.00. The highest BCUT2D eigenvalue weighted by Crippen LogP contribution is 2.19. The van der Waals surface area contributed by atoms with E-state index in [1.807, 2.05) is 10.6 Å². The average molecular weight is 253 g/mol. The van der Waals surface area contributed by atoms with Crippen LogP contribution in [0.15, 0.2) is 11.8 Å². The second-order valence-corrected chi connectivity index (χ2v) is 4.01. The molecule has 18 heavy (non-hydrogen) atoms. The third-order valence-corrected chi connectivity index (χ3v) is 2.82. The van der Waals surface area contributed by atoms with Crippen LogP contribution in [0.4, 0.5) is 4.79 Å². The molecule has 0 saturated carbocycles. The lowest BCUT2D eigenvalue weighted by molar-refractivity contribution is -0.141. The summed E-state index contributed by atoms with van der Waals surface area (Å²) in [5.74, 6) is -2.64. The molecule has 0 aromatic heterocycles. The summed E-state index contributed by atoms with van der Waals surface area (Å²) in [4.78, 5) is 46.1. The van der Waals surface area contributed by atoms with Crippen LogP contribution in [-0.4, -0.2) is 46.4 Å². The van der Waals surface area contributed by atoms with Gasteiger partial charge in [0.05, 0.1) is 0 Å². The first-order valence-electron chi connectivity index (χ1n) is 5.36. The van der Waals surface area contributed by atoms with Gasteiger partial charge in [-0.2, -0.15) is 0 Å². The molecule has 2 heterocycles. The standard InChI is InChI=1S/C10H11N3O5/c14-7-5(8(15)12-10(18)11-7)4-13-3-1-2-6(13)9(16)17/h4,6H,1-3H2,(H,16,17)(H2,11,12,14,15,18)/t6-/m0/s1. The Labute approximate surface area is 102 Å². The van der Waals surface area contributed by atoms with E-state index in [4.69, 9.17) is 5.11 Å². The fraction of sp³-hybridized carbons (Fsp3) is 0.400. The van der Waals surface area contributed by atoms with Crippen molar-refractivity contribution in [2.24, 2.45) is 0 Å². The third-order valence-electron chi connectivity index (χ3n) is 2.82. The average Bonchev–Trinajstić information content (AvgIpc) is 2.71. The zero-order valence-electron chi connectivity index (χ0n) is 9.30. The number of imide groups is 2. The third kappa shape index (κ3) is 2.17. The largest absolute Gasteiger partial charge is 0.480 e. The maximum absolute atomic E-state index is 11.4. The molecule has 2 saturated heterocycles. The SMILES string of the molecule is O=C1NC(=O)C(=CN2CCC[C@H]2C(=O)O)C(=O)N1. The van der Waals surface area contributed by atoms with Gasteiger partial charge < -0.3 is 10.0 Å². The van der Waals surface area contributed by atoms with Gasteiger partial charge in [0.1, 0.15) is 11.6 Å². The lowest BCUT2D eigenvalue weighted by Gasteiger charge is -2.21. The number of carboxylic acids is 1. The first kappa shape index (κ1) is 12.1. The maximum atomic E-state index is 11.4. The molecule has 2 fully saturated rings. The number of amides is 4. The fourth-order valence-corrected chi connectivity index (χ4v) is 1.97. The number of barbiturate groups is 1. The van der Waals surface area contributed by atoms with Gasteiger partial charge in [0.25, 0.3) is 11.8 Å². The van der Waals surface area contributed by atoms with E-state index in [9.17, 15) is 19.2 Å². The van der Waals surface area contributed by atoms with Gasteiger partial charge in [-0.05, 0) is 12.8 Å². The fourth-order valence-electron chi connectivity index (χ4n) is 1.97. The Bertz CT molecular complexity index is 448. The van der Waals surface area contributed by atoms with Gasteiger partial charge in [0.15, 0.2) is 0 Å².